The Kier molecular flexibility index (Phi) is 2.28. The van der Waals surface area contributed by atoms with Crippen LogP contribution in [0.3, 0.4) is 0 Å². The highest BCUT2D eigenvalue weighted by molar-refractivity contribution is 5.67. The molecular formula is C8H8N2O2. The van der Waals surface area contributed by atoms with Gasteiger partial charge in [0.2, 0.25) is 0 Å². The number of nitroso groups, excluding NO2 is 2. The van der Waals surface area contributed by atoms with Gasteiger partial charge in [0.25, 0.3) is 0 Å². The molecule has 0 saturated carbocycles. The van der Waals surface area contributed by atoms with Crippen LogP contribution in [0.1, 0.15) is 11.1 Å². The first-order valence-corrected chi connectivity index (χ1v) is 3.47. The summed E-state index contributed by atoms with van der Waals surface area (Å²) in [5.74, 6) is 0. The number of nitrogens with zero attached hydrogens (tertiary/aromatic N) is 2. The first-order chi connectivity index (χ1) is 5.70. The summed E-state index contributed by atoms with van der Waals surface area (Å²) in [5, 5.41) is 5.46. The Labute approximate surface area is 69.6 Å². The molecule has 1 rings (SSSR count). The maximum Gasteiger partial charge on any atom is 0.140 e. The van der Waals surface area contributed by atoms with Crippen LogP contribution < -0.4 is 0 Å². The summed E-state index contributed by atoms with van der Waals surface area (Å²) < 4.78 is 0. The van der Waals surface area contributed by atoms with E-state index in [0.29, 0.717) is 5.56 Å². The molecule has 0 aliphatic rings. The first kappa shape index (κ1) is 8.52. The topological polar surface area (TPSA) is 58.9 Å². The highest BCUT2D eigenvalue weighted by Gasteiger charge is 2.08. The molecule has 4 heteroatoms. The van der Waals surface area contributed by atoms with Crippen LogP contribution >= 0.6 is 0 Å². The lowest BCUT2D eigenvalue weighted by Crippen LogP contribution is -1.80. The fourth-order valence-electron chi connectivity index (χ4n) is 0.976. The van der Waals surface area contributed by atoms with E-state index in [2.05, 4.69) is 10.4 Å². The Bertz CT molecular complexity index is 334. The van der Waals surface area contributed by atoms with Crippen molar-refractivity contribution in [1.29, 1.82) is 0 Å². The molecule has 0 bridgehead atoms. The molecule has 1 aromatic rings. The van der Waals surface area contributed by atoms with Gasteiger partial charge < -0.3 is 0 Å². The molecule has 12 heavy (non-hydrogen) atoms. The summed E-state index contributed by atoms with van der Waals surface area (Å²) in [6.07, 6.45) is 0. The summed E-state index contributed by atoms with van der Waals surface area (Å²) in [4.78, 5) is 20.5. The molecule has 0 spiro atoms. The average molecular weight is 164 g/mol. The molecule has 0 amide bonds. The van der Waals surface area contributed by atoms with Gasteiger partial charge in [-0.2, -0.15) is 0 Å². The van der Waals surface area contributed by atoms with E-state index in [1.54, 1.807) is 13.0 Å². The molecule has 0 aliphatic heterocycles. The highest BCUT2D eigenvalue weighted by atomic mass is 16.3. The largest absolute Gasteiger partial charge is 0.145 e. The number of hydrogen-bond acceptors (Lipinski definition) is 4. The number of benzene rings is 1. The van der Waals surface area contributed by atoms with Crippen LogP contribution in [0.25, 0.3) is 0 Å². The van der Waals surface area contributed by atoms with Crippen molar-refractivity contribution in [2.24, 2.45) is 10.4 Å². The van der Waals surface area contributed by atoms with E-state index in [4.69, 9.17) is 0 Å². The predicted molar refractivity (Wildman–Crippen MR) is 46.8 cm³/mol. The zero-order valence-corrected chi connectivity index (χ0v) is 6.87. The standard InChI is InChI=1S/C8H8N2O2/c1-5-3-4-7(9-11)8(10-12)6(5)2/h3-4H,1-2H3. The van der Waals surface area contributed by atoms with Crippen LogP contribution in [-0.2, 0) is 0 Å². The second kappa shape index (κ2) is 3.21. The normalized spacial score (nSPS) is 9.50. The molecule has 0 radical (unpaired) electrons. The Morgan fingerprint density at radius 1 is 1.08 bits per heavy atom. The van der Waals surface area contributed by atoms with Crippen molar-refractivity contribution < 1.29 is 0 Å². The van der Waals surface area contributed by atoms with Crippen LogP contribution in [0.2, 0.25) is 0 Å². The third-order valence-electron chi connectivity index (χ3n) is 1.87. The van der Waals surface area contributed by atoms with Gasteiger partial charge in [-0.3, -0.25) is 0 Å². The van der Waals surface area contributed by atoms with Crippen LogP contribution in [0.5, 0.6) is 0 Å². The molecule has 0 aliphatic carbocycles. The van der Waals surface area contributed by atoms with Crippen LogP contribution in [0.4, 0.5) is 11.4 Å². The van der Waals surface area contributed by atoms with Gasteiger partial charge in [0, 0.05) is 0 Å². The van der Waals surface area contributed by atoms with Crippen molar-refractivity contribution in [1.82, 2.24) is 0 Å². The van der Waals surface area contributed by atoms with Gasteiger partial charge in [0.05, 0.1) is 0 Å². The molecule has 0 atom stereocenters. The number of aryl methyl sites for hydroxylation is 1. The third kappa shape index (κ3) is 1.23. The Hall–Kier alpha value is -1.58. The molecule has 0 aromatic heterocycles. The molecule has 62 valence electrons. The van der Waals surface area contributed by atoms with Crippen molar-refractivity contribution in [3.05, 3.63) is 33.1 Å². The lowest BCUT2D eigenvalue weighted by Gasteiger charge is -2.01. The zero-order chi connectivity index (χ0) is 9.14. The quantitative estimate of drug-likeness (QED) is 0.630. The lowest BCUT2D eigenvalue weighted by atomic mass is 10.1. The second-order valence-electron chi connectivity index (χ2n) is 2.56. The molecule has 0 fully saturated rings. The van der Waals surface area contributed by atoms with E-state index in [-0.39, 0.29) is 11.4 Å². The fourth-order valence-corrected chi connectivity index (χ4v) is 0.976. The van der Waals surface area contributed by atoms with Gasteiger partial charge in [0.15, 0.2) is 0 Å². The summed E-state index contributed by atoms with van der Waals surface area (Å²) in [6, 6.07) is 3.23. The van der Waals surface area contributed by atoms with E-state index in [0.717, 1.165) is 5.56 Å². The Balaban J connectivity index is 3.45. The minimum Gasteiger partial charge on any atom is -0.145 e. The van der Waals surface area contributed by atoms with Crippen LogP contribution in [0, 0.1) is 23.7 Å². The van der Waals surface area contributed by atoms with E-state index in [1.165, 1.54) is 6.07 Å². The predicted octanol–water partition coefficient (Wildman–Crippen LogP) is 3.10. The van der Waals surface area contributed by atoms with Gasteiger partial charge in [-0.15, -0.1) is 9.81 Å². The smallest absolute Gasteiger partial charge is 0.140 e. The number of rotatable bonds is 2. The average Bonchev–Trinajstić information content (AvgIpc) is 2.09. The van der Waals surface area contributed by atoms with E-state index in [9.17, 15) is 9.81 Å². The van der Waals surface area contributed by atoms with Gasteiger partial charge in [-0.1, -0.05) is 6.07 Å². The third-order valence-corrected chi connectivity index (χ3v) is 1.87. The Morgan fingerprint density at radius 2 is 1.75 bits per heavy atom. The SMILES string of the molecule is Cc1ccc(N=O)c(N=O)c1C. The van der Waals surface area contributed by atoms with Gasteiger partial charge in [-0.25, -0.2) is 0 Å². The fraction of sp³-hybridized carbons (Fsp3) is 0.250. The van der Waals surface area contributed by atoms with Gasteiger partial charge in [-0.05, 0) is 41.4 Å². The van der Waals surface area contributed by atoms with Crippen LogP contribution in [-0.4, -0.2) is 0 Å². The lowest BCUT2D eigenvalue weighted by molar-refractivity contribution is 1.28. The van der Waals surface area contributed by atoms with Crippen molar-refractivity contribution in [2.75, 3.05) is 0 Å². The van der Waals surface area contributed by atoms with Crippen molar-refractivity contribution >= 4 is 11.4 Å². The molecule has 0 unspecified atom stereocenters. The van der Waals surface area contributed by atoms with Crippen molar-refractivity contribution in [3.63, 3.8) is 0 Å². The summed E-state index contributed by atoms with van der Waals surface area (Å²) >= 11 is 0. The minimum atomic E-state index is 0.105. The van der Waals surface area contributed by atoms with E-state index < -0.39 is 0 Å². The van der Waals surface area contributed by atoms with Crippen LogP contribution in [0.15, 0.2) is 22.5 Å². The van der Waals surface area contributed by atoms with E-state index in [1.807, 2.05) is 6.92 Å². The highest BCUT2D eigenvalue weighted by Crippen LogP contribution is 2.32. The van der Waals surface area contributed by atoms with Crippen molar-refractivity contribution in [3.8, 4) is 0 Å². The summed E-state index contributed by atoms with van der Waals surface area (Å²) in [6.45, 7) is 3.58. The monoisotopic (exact) mass is 164 g/mol. The number of hydrogen-bond donors (Lipinski definition) is 0. The minimum absolute atomic E-state index is 0.105. The maximum atomic E-state index is 10.3. The molecule has 0 heterocycles. The Morgan fingerprint density at radius 3 is 2.25 bits per heavy atom. The van der Waals surface area contributed by atoms with Gasteiger partial charge in [0.1, 0.15) is 11.4 Å². The first-order valence-electron chi connectivity index (χ1n) is 3.47. The van der Waals surface area contributed by atoms with Crippen molar-refractivity contribution in [2.45, 2.75) is 13.8 Å². The molecule has 0 saturated heterocycles. The van der Waals surface area contributed by atoms with E-state index >= 15 is 0 Å². The second-order valence-corrected chi connectivity index (χ2v) is 2.56. The summed E-state index contributed by atoms with van der Waals surface area (Å²) in [7, 11) is 0. The zero-order valence-electron chi connectivity index (χ0n) is 6.87. The maximum absolute atomic E-state index is 10.3. The molecule has 1 aromatic carbocycles. The van der Waals surface area contributed by atoms with Gasteiger partial charge >= 0.3 is 0 Å². The molecular weight excluding hydrogens is 156 g/mol. The molecule has 0 N–H and O–H groups in total. The molecule has 4 nitrogen and oxygen atoms in total. The summed E-state index contributed by atoms with van der Waals surface area (Å²) in [5.41, 5.74) is 1.89.